The van der Waals surface area contributed by atoms with E-state index in [1.54, 1.807) is 0 Å². The first-order chi connectivity index (χ1) is 12.1. The fourth-order valence-electron chi connectivity index (χ4n) is 3.15. The van der Waals surface area contributed by atoms with Crippen molar-refractivity contribution >= 4 is 22.4 Å². The summed E-state index contributed by atoms with van der Waals surface area (Å²) < 4.78 is 0. The topological polar surface area (TPSA) is 69.4 Å². The molecule has 0 radical (unpaired) electrons. The van der Waals surface area contributed by atoms with Gasteiger partial charge >= 0.3 is 0 Å². The molecule has 2 heterocycles. The average molecular weight is 329 g/mol. The largest absolute Gasteiger partial charge is 0.352 e. The van der Waals surface area contributed by atoms with Gasteiger partial charge in [-0.25, -0.2) is 4.98 Å². The smallest absolute Gasteiger partial charge is 0.161 e. The third kappa shape index (κ3) is 2.70. The zero-order valence-electron chi connectivity index (χ0n) is 14.2. The molecule has 4 aromatic rings. The van der Waals surface area contributed by atoms with E-state index >= 15 is 0 Å². The lowest BCUT2D eigenvalue weighted by Crippen LogP contribution is -2.02. The molecule has 2 aromatic carbocycles. The number of aromatic amines is 2. The lowest BCUT2D eigenvalue weighted by atomic mass is 10.0. The van der Waals surface area contributed by atoms with Gasteiger partial charge in [-0.2, -0.15) is 5.10 Å². The fraction of sp³-hybridized carbons (Fsp3) is 0.100. The van der Waals surface area contributed by atoms with E-state index in [0.29, 0.717) is 0 Å². The minimum atomic E-state index is 0.722. The van der Waals surface area contributed by atoms with Gasteiger partial charge in [0.15, 0.2) is 11.5 Å². The Morgan fingerprint density at radius 2 is 1.80 bits per heavy atom. The highest BCUT2D eigenvalue weighted by Crippen LogP contribution is 2.29. The Morgan fingerprint density at radius 3 is 2.56 bits per heavy atom. The van der Waals surface area contributed by atoms with Crippen LogP contribution in [0.3, 0.4) is 0 Å². The van der Waals surface area contributed by atoms with Gasteiger partial charge < -0.3 is 10.3 Å². The summed E-state index contributed by atoms with van der Waals surface area (Å²) in [7, 11) is 0. The molecule has 0 amide bonds. The predicted octanol–water partition coefficient (Wildman–Crippen LogP) is 4.65. The molecule has 5 nitrogen and oxygen atoms in total. The molecule has 0 aliphatic heterocycles. The van der Waals surface area contributed by atoms with Crippen LogP contribution in [0.25, 0.3) is 28.2 Å². The number of imidazole rings is 1. The van der Waals surface area contributed by atoms with E-state index < -0.39 is 0 Å². The molecule has 0 unspecified atom stereocenters. The first-order valence-corrected chi connectivity index (χ1v) is 8.15. The molecule has 0 saturated heterocycles. The van der Waals surface area contributed by atoms with Crippen molar-refractivity contribution in [1.82, 2.24) is 20.2 Å². The summed E-state index contributed by atoms with van der Waals surface area (Å²) in [5, 5.41) is 10.6. The van der Waals surface area contributed by atoms with E-state index in [1.807, 2.05) is 30.5 Å². The quantitative estimate of drug-likeness (QED) is 0.510. The van der Waals surface area contributed by atoms with Gasteiger partial charge in [-0.1, -0.05) is 36.9 Å². The van der Waals surface area contributed by atoms with Gasteiger partial charge in [0.1, 0.15) is 0 Å². The highest BCUT2D eigenvalue weighted by molar-refractivity contribution is 5.86. The van der Waals surface area contributed by atoms with Crippen molar-refractivity contribution in [2.24, 2.45) is 0 Å². The van der Waals surface area contributed by atoms with Gasteiger partial charge in [0.2, 0.25) is 0 Å². The van der Waals surface area contributed by atoms with Crippen molar-refractivity contribution in [2.75, 3.05) is 5.32 Å². The van der Waals surface area contributed by atoms with Gasteiger partial charge in [0.05, 0.1) is 16.7 Å². The molecule has 124 valence electrons. The van der Waals surface area contributed by atoms with Crippen molar-refractivity contribution in [3.63, 3.8) is 0 Å². The van der Waals surface area contributed by atoms with Crippen LogP contribution in [0.5, 0.6) is 0 Å². The molecule has 3 N–H and O–H groups in total. The van der Waals surface area contributed by atoms with E-state index in [4.69, 9.17) is 0 Å². The number of hydrogen-bond acceptors (Lipinski definition) is 3. The number of hydrogen-bond donors (Lipinski definition) is 3. The molecular formula is C20H19N5. The second-order valence-electron chi connectivity index (χ2n) is 6.12. The molecule has 0 spiro atoms. The van der Waals surface area contributed by atoms with Crippen molar-refractivity contribution in [1.29, 1.82) is 0 Å². The Balaban J connectivity index is 1.69. The van der Waals surface area contributed by atoms with E-state index in [2.05, 4.69) is 64.1 Å². The minimum Gasteiger partial charge on any atom is -0.352 e. The molecule has 0 fully saturated rings. The number of aryl methyl sites for hydroxylation is 2. The Labute approximate surface area is 145 Å². The summed E-state index contributed by atoms with van der Waals surface area (Å²) in [6, 6.07) is 14.2. The summed E-state index contributed by atoms with van der Waals surface area (Å²) in [6.45, 7) is 8.39. The average Bonchev–Trinajstić information content (AvgIpc) is 3.20. The zero-order chi connectivity index (χ0) is 17.4. The number of H-pyrrole nitrogens is 2. The molecule has 5 heteroatoms. The maximum Gasteiger partial charge on any atom is 0.161 e. The first kappa shape index (κ1) is 15.2. The molecule has 2 aromatic heterocycles. The molecule has 0 bridgehead atoms. The summed E-state index contributed by atoms with van der Waals surface area (Å²) in [6.07, 6.45) is 1.82. The second kappa shape index (κ2) is 5.94. The van der Waals surface area contributed by atoms with Crippen molar-refractivity contribution in [2.45, 2.75) is 13.8 Å². The molecule has 0 atom stereocenters. The second-order valence-corrected chi connectivity index (χ2v) is 6.12. The number of rotatable bonds is 4. The minimum absolute atomic E-state index is 0.722. The van der Waals surface area contributed by atoms with Crippen LogP contribution in [0.1, 0.15) is 16.7 Å². The summed E-state index contributed by atoms with van der Waals surface area (Å²) >= 11 is 0. The number of benzene rings is 2. The molecule has 0 aliphatic carbocycles. The highest BCUT2D eigenvalue weighted by Gasteiger charge is 2.15. The first-order valence-electron chi connectivity index (χ1n) is 8.15. The van der Waals surface area contributed by atoms with E-state index in [9.17, 15) is 0 Å². The van der Waals surface area contributed by atoms with Crippen LogP contribution in [-0.4, -0.2) is 20.2 Å². The normalized spacial score (nSPS) is 11.0. The Hall–Kier alpha value is -3.34. The van der Waals surface area contributed by atoms with Gasteiger partial charge in [0.25, 0.3) is 0 Å². The molecular weight excluding hydrogens is 310 g/mol. The van der Waals surface area contributed by atoms with E-state index in [-0.39, 0.29) is 0 Å². The SMILES string of the molecule is C=C(Nc1c[nH]nc1-c1nc2ccccc2[nH]1)c1c(C)cccc1C. The lowest BCUT2D eigenvalue weighted by molar-refractivity contribution is 1.08. The van der Waals surface area contributed by atoms with Crippen LogP contribution in [0.4, 0.5) is 5.69 Å². The van der Waals surface area contributed by atoms with Crippen LogP contribution in [0, 0.1) is 13.8 Å². The van der Waals surface area contributed by atoms with Crippen LogP contribution in [-0.2, 0) is 0 Å². The zero-order valence-corrected chi connectivity index (χ0v) is 14.2. The van der Waals surface area contributed by atoms with E-state index in [1.165, 1.54) is 11.1 Å². The van der Waals surface area contributed by atoms with Crippen LogP contribution in [0.2, 0.25) is 0 Å². The number of para-hydroxylation sites is 2. The Bertz CT molecular complexity index is 1020. The lowest BCUT2D eigenvalue weighted by Gasteiger charge is -2.14. The Morgan fingerprint density at radius 1 is 1.04 bits per heavy atom. The third-order valence-corrected chi connectivity index (χ3v) is 4.32. The molecule has 4 rings (SSSR count). The molecule has 25 heavy (non-hydrogen) atoms. The monoisotopic (exact) mass is 329 g/mol. The number of nitrogens with zero attached hydrogens (tertiary/aromatic N) is 2. The van der Waals surface area contributed by atoms with Crippen LogP contribution in [0.15, 0.2) is 55.2 Å². The van der Waals surface area contributed by atoms with Crippen molar-refractivity contribution in [3.8, 4) is 11.5 Å². The maximum absolute atomic E-state index is 4.62. The molecule has 0 saturated carbocycles. The summed E-state index contributed by atoms with van der Waals surface area (Å²) in [5.74, 6) is 0.722. The number of fused-ring (bicyclic) bond motifs is 1. The van der Waals surface area contributed by atoms with Gasteiger partial charge in [-0.15, -0.1) is 0 Å². The predicted molar refractivity (Wildman–Crippen MR) is 102 cm³/mol. The summed E-state index contributed by atoms with van der Waals surface area (Å²) in [5.41, 5.74) is 7.82. The maximum atomic E-state index is 4.62. The highest BCUT2D eigenvalue weighted by atomic mass is 15.2. The number of nitrogens with one attached hydrogen (secondary N) is 3. The van der Waals surface area contributed by atoms with Crippen LogP contribution >= 0.6 is 0 Å². The number of anilines is 1. The summed E-state index contributed by atoms with van der Waals surface area (Å²) in [4.78, 5) is 7.93. The van der Waals surface area contributed by atoms with E-state index in [0.717, 1.165) is 39.5 Å². The van der Waals surface area contributed by atoms with Gasteiger partial charge in [-0.3, -0.25) is 5.10 Å². The standard InChI is InChI=1S/C20H19N5/c1-12-7-6-8-13(2)18(12)14(3)22-17-11-21-25-19(17)20-23-15-9-4-5-10-16(15)24-20/h4-11,22H,3H2,1-2H3,(H,21,25)(H,23,24). The van der Waals surface area contributed by atoms with Crippen molar-refractivity contribution < 1.29 is 0 Å². The Kier molecular flexibility index (Phi) is 3.61. The van der Waals surface area contributed by atoms with Crippen LogP contribution < -0.4 is 5.32 Å². The van der Waals surface area contributed by atoms with Crippen molar-refractivity contribution in [3.05, 3.63) is 71.9 Å². The third-order valence-electron chi connectivity index (χ3n) is 4.32. The number of aromatic nitrogens is 4. The van der Waals surface area contributed by atoms with Gasteiger partial charge in [-0.05, 0) is 37.1 Å². The fourth-order valence-corrected chi connectivity index (χ4v) is 3.15. The molecule has 0 aliphatic rings. The van der Waals surface area contributed by atoms with Gasteiger partial charge in [0, 0.05) is 17.5 Å².